The monoisotopic (exact) mass is 487 g/mol. The Morgan fingerprint density at radius 1 is 1.12 bits per heavy atom. The average Bonchev–Trinajstić information content (AvgIpc) is 3.48. The van der Waals surface area contributed by atoms with E-state index in [0.717, 1.165) is 55.3 Å². The summed E-state index contributed by atoms with van der Waals surface area (Å²) in [5, 5.41) is 4.90. The molecule has 3 aromatic rings. The molecule has 0 bridgehead atoms. The van der Waals surface area contributed by atoms with Crippen LogP contribution in [0, 0.1) is 11.7 Å². The van der Waals surface area contributed by atoms with Crippen LogP contribution in [0.2, 0.25) is 0 Å². The van der Waals surface area contributed by atoms with Gasteiger partial charge in [0.15, 0.2) is 20.4 Å². The number of benzene rings is 1. The molecule has 0 saturated carbocycles. The predicted octanol–water partition coefficient (Wildman–Crippen LogP) is 2.79. The Labute approximate surface area is 199 Å². The van der Waals surface area contributed by atoms with Crippen molar-refractivity contribution in [2.24, 2.45) is 0 Å². The molecule has 2 aliphatic rings. The summed E-state index contributed by atoms with van der Waals surface area (Å²) >= 11 is 5.86. The highest BCUT2D eigenvalue weighted by atomic mass is 32.2. The van der Waals surface area contributed by atoms with Crippen LogP contribution >= 0.6 is 12.2 Å². The molecule has 10 heteroatoms. The molecule has 0 amide bonds. The molecule has 2 aliphatic heterocycles. The Hall–Kier alpha value is -2.27. The van der Waals surface area contributed by atoms with Crippen LogP contribution in [-0.4, -0.2) is 76.3 Å². The van der Waals surface area contributed by atoms with E-state index in [1.165, 1.54) is 0 Å². The summed E-state index contributed by atoms with van der Waals surface area (Å²) < 4.78 is 33.9. The minimum atomic E-state index is -2.86. The SMILES string of the molecule is Cc1occc1-c1nn(CN2CCN(C3CCS(=O)(=O)C3)CC2)c(=S)n1Cc1ccccc1. The summed E-state index contributed by atoms with van der Waals surface area (Å²) in [6.45, 7) is 6.66. The molecule has 1 aromatic carbocycles. The Bertz CT molecular complexity index is 1270. The van der Waals surface area contributed by atoms with E-state index in [1.54, 1.807) is 6.26 Å². The van der Waals surface area contributed by atoms with Crippen molar-refractivity contribution in [1.29, 1.82) is 0 Å². The maximum absolute atomic E-state index is 11.8. The van der Waals surface area contributed by atoms with Gasteiger partial charge in [-0.05, 0) is 37.2 Å². The normalized spacial score (nSPS) is 21.5. The molecule has 2 aromatic heterocycles. The Morgan fingerprint density at radius 2 is 1.88 bits per heavy atom. The number of piperazine rings is 1. The standard InChI is InChI=1S/C23H29N5O3S2/c1-18-21(7-13-31-18)22-24-28(23(32)27(22)15-19-5-3-2-4-6-19)17-25-9-11-26(12-10-25)20-8-14-33(29,30)16-20/h2-7,13,20H,8-12,14-17H2,1H3. The zero-order chi connectivity index (χ0) is 23.0. The van der Waals surface area contributed by atoms with Gasteiger partial charge in [-0.2, -0.15) is 5.10 Å². The third kappa shape index (κ3) is 4.84. The number of hydrogen-bond donors (Lipinski definition) is 0. The van der Waals surface area contributed by atoms with Gasteiger partial charge < -0.3 is 4.42 Å². The van der Waals surface area contributed by atoms with Crippen molar-refractivity contribution in [1.82, 2.24) is 24.1 Å². The second kappa shape index (κ2) is 9.17. The van der Waals surface area contributed by atoms with Crippen LogP contribution in [0.1, 0.15) is 17.7 Å². The van der Waals surface area contributed by atoms with Crippen LogP contribution in [0.15, 0.2) is 47.1 Å². The highest BCUT2D eigenvalue weighted by molar-refractivity contribution is 7.91. The molecule has 2 saturated heterocycles. The maximum Gasteiger partial charge on any atom is 0.199 e. The van der Waals surface area contributed by atoms with E-state index in [-0.39, 0.29) is 6.04 Å². The van der Waals surface area contributed by atoms with Gasteiger partial charge in [-0.25, -0.2) is 13.1 Å². The minimum absolute atomic E-state index is 0.167. The molecule has 176 valence electrons. The Kier molecular flexibility index (Phi) is 6.26. The summed E-state index contributed by atoms with van der Waals surface area (Å²) in [6.07, 6.45) is 2.44. The van der Waals surface area contributed by atoms with Crippen molar-refractivity contribution >= 4 is 22.1 Å². The highest BCUT2D eigenvalue weighted by Gasteiger charge is 2.33. The summed E-state index contributed by atoms with van der Waals surface area (Å²) in [4.78, 5) is 4.66. The van der Waals surface area contributed by atoms with Crippen molar-refractivity contribution < 1.29 is 12.8 Å². The van der Waals surface area contributed by atoms with Gasteiger partial charge >= 0.3 is 0 Å². The van der Waals surface area contributed by atoms with E-state index in [4.69, 9.17) is 21.7 Å². The summed E-state index contributed by atoms with van der Waals surface area (Å²) in [7, 11) is -2.86. The fourth-order valence-corrected chi connectivity index (χ4v) is 6.79. The first kappa shape index (κ1) is 22.5. The van der Waals surface area contributed by atoms with Crippen LogP contribution in [-0.2, 0) is 23.1 Å². The van der Waals surface area contributed by atoms with Gasteiger partial charge in [-0.3, -0.25) is 14.4 Å². The molecule has 0 aliphatic carbocycles. The van der Waals surface area contributed by atoms with Crippen LogP contribution in [0.3, 0.4) is 0 Å². The van der Waals surface area contributed by atoms with Gasteiger partial charge in [-0.1, -0.05) is 30.3 Å². The molecule has 0 N–H and O–H groups in total. The van der Waals surface area contributed by atoms with Crippen molar-refractivity contribution in [2.75, 3.05) is 37.7 Å². The molecule has 0 radical (unpaired) electrons. The molecule has 8 nitrogen and oxygen atoms in total. The number of nitrogens with zero attached hydrogens (tertiary/aromatic N) is 5. The molecular weight excluding hydrogens is 458 g/mol. The van der Waals surface area contributed by atoms with Gasteiger partial charge in [0.2, 0.25) is 0 Å². The lowest BCUT2D eigenvalue weighted by Crippen LogP contribution is -2.51. The van der Waals surface area contributed by atoms with Crippen molar-refractivity contribution in [2.45, 2.75) is 32.6 Å². The number of aryl methyl sites for hydroxylation is 1. The molecule has 33 heavy (non-hydrogen) atoms. The third-order valence-corrected chi connectivity index (χ3v) is 8.85. The largest absolute Gasteiger partial charge is 0.469 e. The predicted molar refractivity (Wildman–Crippen MR) is 129 cm³/mol. The van der Waals surface area contributed by atoms with Crippen LogP contribution in [0.25, 0.3) is 11.4 Å². The second-order valence-corrected chi connectivity index (χ2v) is 11.5. The molecule has 1 unspecified atom stereocenters. The van der Waals surface area contributed by atoms with Gasteiger partial charge in [-0.15, -0.1) is 0 Å². The molecule has 2 fully saturated rings. The first-order valence-corrected chi connectivity index (χ1v) is 13.6. The summed E-state index contributed by atoms with van der Waals surface area (Å²) in [6, 6.07) is 12.4. The average molecular weight is 488 g/mol. The van der Waals surface area contributed by atoms with Gasteiger partial charge in [0.25, 0.3) is 0 Å². The first-order chi connectivity index (χ1) is 15.9. The van der Waals surface area contributed by atoms with Gasteiger partial charge in [0.05, 0.1) is 36.5 Å². The number of sulfone groups is 1. The molecule has 0 spiro atoms. The lowest BCUT2D eigenvalue weighted by Gasteiger charge is -2.37. The fourth-order valence-electron chi connectivity index (χ4n) is 4.78. The van der Waals surface area contributed by atoms with Crippen LogP contribution in [0.5, 0.6) is 0 Å². The Morgan fingerprint density at radius 3 is 2.52 bits per heavy atom. The van der Waals surface area contributed by atoms with Crippen molar-refractivity contribution in [3.8, 4) is 11.4 Å². The van der Waals surface area contributed by atoms with E-state index < -0.39 is 9.84 Å². The number of hydrogen-bond acceptors (Lipinski definition) is 7. The number of aromatic nitrogens is 3. The summed E-state index contributed by atoms with van der Waals surface area (Å²) in [5.41, 5.74) is 2.11. The lowest BCUT2D eigenvalue weighted by molar-refractivity contribution is 0.0808. The highest BCUT2D eigenvalue weighted by Crippen LogP contribution is 2.25. The van der Waals surface area contributed by atoms with E-state index in [9.17, 15) is 8.42 Å². The van der Waals surface area contributed by atoms with Crippen LogP contribution in [0.4, 0.5) is 0 Å². The van der Waals surface area contributed by atoms with Crippen LogP contribution < -0.4 is 0 Å². The van der Waals surface area contributed by atoms with Gasteiger partial charge in [0.1, 0.15) is 5.76 Å². The third-order valence-electron chi connectivity index (χ3n) is 6.67. The zero-order valence-electron chi connectivity index (χ0n) is 18.8. The van der Waals surface area contributed by atoms with E-state index in [1.807, 2.05) is 35.9 Å². The zero-order valence-corrected chi connectivity index (χ0v) is 20.4. The first-order valence-electron chi connectivity index (χ1n) is 11.3. The number of furan rings is 1. The van der Waals surface area contributed by atoms with Gasteiger partial charge in [0, 0.05) is 32.2 Å². The quantitative estimate of drug-likeness (QED) is 0.495. The smallest absolute Gasteiger partial charge is 0.199 e. The Balaban J connectivity index is 1.34. The second-order valence-electron chi connectivity index (χ2n) is 8.92. The summed E-state index contributed by atoms with van der Waals surface area (Å²) in [5.74, 6) is 2.25. The van der Waals surface area contributed by atoms with E-state index >= 15 is 0 Å². The van der Waals surface area contributed by atoms with E-state index in [2.05, 4.69) is 26.5 Å². The topological polar surface area (TPSA) is 76.5 Å². The lowest BCUT2D eigenvalue weighted by atomic mass is 10.2. The fraction of sp³-hybridized carbons (Fsp3) is 0.478. The van der Waals surface area contributed by atoms with Crippen molar-refractivity contribution in [3.05, 3.63) is 58.8 Å². The molecule has 4 heterocycles. The van der Waals surface area contributed by atoms with Crippen molar-refractivity contribution in [3.63, 3.8) is 0 Å². The molecular formula is C23H29N5O3S2. The van der Waals surface area contributed by atoms with E-state index in [0.29, 0.717) is 29.5 Å². The number of rotatable bonds is 6. The molecule has 1 atom stereocenters. The molecule has 5 rings (SSSR count). The maximum atomic E-state index is 11.8. The minimum Gasteiger partial charge on any atom is -0.469 e.